The first-order valence-electron chi connectivity index (χ1n) is 7.03. The summed E-state index contributed by atoms with van der Waals surface area (Å²) in [7, 11) is 0. The number of rotatable bonds is 7. The average molecular weight is 276 g/mol. The van der Waals surface area contributed by atoms with E-state index in [2.05, 4.69) is 10.6 Å². The van der Waals surface area contributed by atoms with Crippen LogP contribution < -0.4 is 10.6 Å². The van der Waals surface area contributed by atoms with Crippen molar-refractivity contribution in [1.82, 2.24) is 5.32 Å². The highest BCUT2D eigenvalue weighted by molar-refractivity contribution is 5.95. The molecule has 3 N–H and O–H groups in total. The molecule has 1 heterocycles. The Morgan fingerprint density at radius 2 is 2.10 bits per heavy atom. The van der Waals surface area contributed by atoms with Crippen LogP contribution >= 0.6 is 0 Å². The fourth-order valence-corrected chi connectivity index (χ4v) is 2.31. The molecule has 0 aliphatic carbocycles. The predicted molar refractivity (Wildman–Crippen MR) is 77.1 cm³/mol. The van der Waals surface area contributed by atoms with Crippen LogP contribution in [0.3, 0.4) is 0 Å². The smallest absolute Gasteiger partial charge is 0.303 e. The van der Waals surface area contributed by atoms with Crippen molar-refractivity contribution in [1.29, 1.82) is 0 Å². The summed E-state index contributed by atoms with van der Waals surface area (Å²) in [4.78, 5) is 22.3. The van der Waals surface area contributed by atoms with E-state index >= 15 is 0 Å². The van der Waals surface area contributed by atoms with Crippen LogP contribution in [0.5, 0.6) is 0 Å². The number of aliphatic carboxylic acids is 1. The number of carbonyl (C=O) groups is 2. The first-order chi connectivity index (χ1) is 9.66. The molecule has 0 spiro atoms. The Labute approximate surface area is 118 Å². The number of carbonyl (C=O) groups excluding carboxylic acids is 1. The van der Waals surface area contributed by atoms with Crippen LogP contribution in [-0.4, -0.2) is 30.1 Å². The third-order valence-corrected chi connectivity index (χ3v) is 3.43. The van der Waals surface area contributed by atoms with Gasteiger partial charge < -0.3 is 15.7 Å². The molecule has 0 unspecified atom stereocenters. The zero-order valence-electron chi connectivity index (χ0n) is 11.4. The minimum Gasteiger partial charge on any atom is -0.481 e. The zero-order chi connectivity index (χ0) is 14.4. The highest BCUT2D eigenvalue weighted by atomic mass is 16.4. The molecule has 1 amide bonds. The van der Waals surface area contributed by atoms with Gasteiger partial charge in [0.1, 0.15) is 0 Å². The third kappa shape index (κ3) is 3.98. The first-order valence-corrected chi connectivity index (χ1v) is 7.03. The van der Waals surface area contributed by atoms with Crippen molar-refractivity contribution in [2.45, 2.75) is 32.1 Å². The number of fused-ring (bicyclic) bond motifs is 1. The van der Waals surface area contributed by atoms with E-state index in [1.54, 1.807) is 0 Å². The number of carboxylic acid groups (broad SMARTS) is 1. The van der Waals surface area contributed by atoms with Crippen LogP contribution in [0.25, 0.3) is 0 Å². The SMILES string of the molecule is O=C(O)CCCCCNC(=O)c1ccc2c(c1)NCC2. The Hall–Kier alpha value is -2.04. The molecule has 1 aliphatic heterocycles. The van der Waals surface area contributed by atoms with Gasteiger partial charge in [0.2, 0.25) is 0 Å². The molecule has 0 atom stereocenters. The van der Waals surface area contributed by atoms with Gasteiger partial charge in [-0.05, 0) is 37.0 Å². The molecule has 108 valence electrons. The van der Waals surface area contributed by atoms with Crippen molar-refractivity contribution in [2.24, 2.45) is 0 Å². The lowest BCUT2D eigenvalue weighted by Gasteiger charge is -2.07. The molecule has 0 saturated carbocycles. The summed E-state index contributed by atoms with van der Waals surface area (Å²) in [6.07, 6.45) is 3.50. The summed E-state index contributed by atoms with van der Waals surface area (Å²) in [5.74, 6) is -0.834. The van der Waals surface area contributed by atoms with E-state index in [4.69, 9.17) is 5.11 Å². The van der Waals surface area contributed by atoms with Gasteiger partial charge in [0.25, 0.3) is 5.91 Å². The fraction of sp³-hybridized carbons (Fsp3) is 0.467. The molecule has 5 nitrogen and oxygen atoms in total. The van der Waals surface area contributed by atoms with Crippen LogP contribution in [-0.2, 0) is 11.2 Å². The van der Waals surface area contributed by atoms with Gasteiger partial charge in [-0.25, -0.2) is 0 Å². The number of benzene rings is 1. The zero-order valence-corrected chi connectivity index (χ0v) is 11.4. The van der Waals surface area contributed by atoms with Gasteiger partial charge in [-0.3, -0.25) is 9.59 Å². The number of nitrogens with one attached hydrogen (secondary N) is 2. The van der Waals surface area contributed by atoms with E-state index in [0.717, 1.165) is 31.5 Å². The summed E-state index contributed by atoms with van der Waals surface area (Å²) in [5, 5.41) is 14.6. The largest absolute Gasteiger partial charge is 0.481 e. The molecule has 1 aromatic carbocycles. The van der Waals surface area contributed by atoms with Gasteiger partial charge in [0, 0.05) is 30.8 Å². The highest BCUT2D eigenvalue weighted by Gasteiger charge is 2.12. The molecule has 1 aromatic rings. The quantitative estimate of drug-likeness (QED) is 0.666. The summed E-state index contributed by atoms with van der Waals surface area (Å²) >= 11 is 0. The summed E-state index contributed by atoms with van der Waals surface area (Å²) in [5.41, 5.74) is 2.98. The Balaban J connectivity index is 1.71. The number of hydrogen-bond donors (Lipinski definition) is 3. The van der Waals surface area contributed by atoms with Gasteiger partial charge in [-0.15, -0.1) is 0 Å². The molecule has 0 aromatic heterocycles. The minimum absolute atomic E-state index is 0.0697. The maximum Gasteiger partial charge on any atom is 0.303 e. The number of anilines is 1. The number of unbranched alkanes of at least 4 members (excludes halogenated alkanes) is 2. The number of carboxylic acids is 1. The van der Waals surface area contributed by atoms with Gasteiger partial charge in [0.05, 0.1) is 0 Å². The average Bonchev–Trinajstić information content (AvgIpc) is 2.89. The minimum atomic E-state index is -0.764. The van der Waals surface area contributed by atoms with Crippen molar-refractivity contribution < 1.29 is 14.7 Å². The molecule has 5 heteroatoms. The number of hydrogen-bond acceptors (Lipinski definition) is 3. The molecule has 2 rings (SSSR count). The lowest BCUT2D eigenvalue weighted by molar-refractivity contribution is -0.137. The van der Waals surface area contributed by atoms with Crippen molar-refractivity contribution in [3.63, 3.8) is 0 Å². The van der Waals surface area contributed by atoms with Crippen LogP contribution in [0.2, 0.25) is 0 Å². The number of amides is 1. The maximum atomic E-state index is 12.0. The lowest BCUT2D eigenvalue weighted by atomic mass is 10.1. The predicted octanol–water partition coefficient (Wildman–Crippen LogP) is 2.03. The first kappa shape index (κ1) is 14.4. The molecule has 20 heavy (non-hydrogen) atoms. The second kappa shape index (κ2) is 6.93. The van der Waals surface area contributed by atoms with Crippen molar-refractivity contribution >= 4 is 17.6 Å². The van der Waals surface area contributed by atoms with Gasteiger partial charge in [-0.1, -0.05) is 12.5 Å². The highest BCUT2D eigenvalue weighted by Crippen LogP contribution is 2.23. The van der Waals surface area contributed by atoms with E-state index in [-0.39, 0.29) is 12.3 Å². The summed E-state index contributed by atoms with van der Waals surface area (Å²) in [6, 6.07) is 5.74. The van der Waals surface area contributed by atoms with Crippen molar-refractivity contribution in [3.05, 3.63) is 29.3 Å². The Kier molecular flexibility index (Phi) is 4.98. The lowest BCUT2D eigenvalue weighted by Crippen LogP contribution is -2.24. The van der Waals surface area contributed by atoms with Gasteiger partial charge in [0.15, 0.2) is 0 Å². The Morgan fingerprint density at radius 3 is 2.90 bits per heavy atom. The van der Waals surface area contributed by atoms with Gasteiger partial charge in [-0.2, -0.15) is 0 Å². The fourth-order valence-electron chi connectivity index (χ4n) is 2.31. The molecule has 1 aliphatic rings. The van der Waals surface area contributed by atoms with E-state index in [1.165, 1.54) is 5.56 Å². The Morgan fingerprint density at radius 1 is 1.25 bits per heavy atom. The van der Waals surface area contributed by atoms with Crippen LogP contribution in [0.4, 0.5) is 5.69 Å². The van der Waals surface area contributed by atoms with E-state index in [0.29, 0.717) is 18.5 Å². The van der Waals surface area contributed by atoms with Crippen molar-refractivity contribution in [2.75, 3.05) is 18.4 Å². The van der Waals surface area contributed by atoms with E-state index in [1.807, 2.05) is 18.2 Å². The molecular weight excluding hydrogens is 256 g/mol. The Bertz CT molecular complexity index is 500. The maximum absolute atomic E-state index is 12.0. The van der Waals surface area contributed by atoms with E-state index in [9.17, 15) is 9.59 Å². The van der Waals surface area contributed by atoms with E-state index < -0.39 is 5.97 Å². The molecule has 0 saturated heterocycles. The summed E-state index contributed by atoms with van der Waals surface area (Å²) < 4.78 is 0. The standard InChI is InChI=1S/C15H20N2O3/c18-14(19)4-2-1-3-8-17-15(20)12-6-5-11-7-9-16-13(11)10-12/h5-6,10,16H,1-4,7-9H2,(H,17,20)(H,18,19). The third-order valence-electron chi connectivity index (χ3n) is 3.43. The van der Waals surface area contributed by atoms with Crippen LogP contribution in [0.15, 0.2) is 18.2 Å². The second-order valence-corrected chi connectivity index (χ2v) is 5.01. The van der Waals surface area contributed by atoms with Gasteiger partial charge >= 0.3 is 5.97 Å². The molecule has 0 radical (unpaired) electrons. The summed E-state index contributed by atoms with van der Waals surface area (Å²) in [6.45, 7) is 1.52. The second-order valence-electron chi connectivity index (χ2n) is 5.01. The van der Waals surface area contributed by atoms with Crippen molar-refractivity contribution in [3.8, 4) is 0 Å². The van der Waals surface area contributed by atoms with Crippen LogP contribution in [0, 0.1) is 0 Å². The molecule has 0 fully saturated rings. The normalized spacial score (nSPS) is 12.6. The molecule has 0 bridgehead atoms. The van der Waals surface area contributed by atoms with Crippen LogP contribution in [0.1, 0.15) is 41.6 Å². The monoisotopic (exact) mass is 276 g/mol. The molecular formula is C15H20N2O3. The topological polar surface area (TPSA) is 78.4 Å².